The number of aromatic nitrogens is 2. The zero-order valence-electron chi connectivity index (χ0n) is 10.0. The molecule has 1 fully saturated rings. The van der Waals surface area contributed by atoms with Gasteiger partial charge < -0.3 is 10.0 Å². The quantitative estimate of drug-likeness (QED) is 0.826. The lowest BCUT2D eigenvalue weighted by Crippen LogP contribution is -2.33. The summed E-state index contributed by atoms with van der Waals surface area (Å²) in [6, 6.07) is 0. The fourth-order valence-electron chi connectivity index (χ4n) is 2.11. The van der Waals surface area contributed by atoms with E-state index in [1.54, 1.807) is 0 Å². The van der Waals surface area contributed by atoms with Crippen molar-refractivity contribution in [1.29, 1.82) is 0 Å². The number of hydrogen-bond donors (Lipinski definition) is 1. The lowest BCUT2D eigenvalue weighted by molar-refractivity contribution is 0.204. The summed E-state index contributed by atoms with van der Waals surface area (Å²) in [6.07, 6.45) is 2.00. The third-order valence-corrected chi connectivity index (χ3v) is 3.18. The second kappa shape index (κ2) is 6.26. The first kappa shape index (κ1) is 13.5. The molecule has 7 heteroatoms. The van der Waals surface area contributed by atoms with Crippen molar-refractivity contribution in [1.82, 2.24) is 14.9 Å². The van der Waals surface area contributed by atoms with Crippen molar-refractivity contribution in [3.63, 3.8) is 0 Å². The Morgan fingerprint density at radius 3 is 2.94 bits per heavy atom. The molecule has 1 aliphatic rings. The summed E-state index contributed by atoms with van der Waals surface area (Å²) in [6.45, 7) is 3.88. The average molecular weight is 275 g/mol. The van der Waals surface area contributed by atoms with Gasteiger partial charge in [-0.2, -0.15) is 4.98 Å². The van der Waals surface area contributed by atoms with Crippen molar-refractivity contribution < 1.29 is 9.50 Å². The molecule has 0 saturated carbocycles. The van der Waals surface area contributed by atoms with Crippen LogP contribution >= 0.6 is 11.6 Å². The molecule has 1 aromatic heterocycles. The van der Waals surface area contributed by atoms with Crippen LogP contribution in [0.5, 0.6) is 0 Å². The van der Waals surface area contributed by atoms with Crippen LogP contribution < -0.4 is 4.90 Å². The lowest BCUT2D eigenvalue weighted by atomic mass is 10.3. The Kier molecular flexibility index (Phi) is 4.68. The number of anilines is 1. The summed E-state index contributed by atoms with van der Waals surface area (Å²) < 4.78 is 13.7. The van der Waals surface area contributed by atoms with E-state index in [0.717, 1.165) is 32.3 Å². The van der Waals surface area contributed by atoms with E-state index in [2.05, 4.69) is 14.9 Å². The molecule has 0 spiro atoms. The molecule has 5 nitrogen and oxygen atoms in total. The zero-order chi connectivity index (χ0) is 13.0. The Bertz CT molecular complexity index is 407. The van der Waals surface area contributed by atoms with Gasteiger partial charge in [0, 0.05) is 26.2 Å². The van der Waals surface area contributed by atoms with E-state index in [-0.39, 0.29) is 17.7 Å². The van der Waals surface area contributed by atoms with Gasteiger partial charge in [-0.15, -0.1) is 0 Å². The minimum atomic E-state index is -0.449. The van der Waals surface area contributed by atoms with E-state index < -0.39 is 5.82 Å². The van der Waals surface area contributed by atoms with Crippen molar-refractivity contribution in [2.45, 2.75) is 6.42 Å². The molecule has 0 aliphatic carbocycles. The van der Waals surface area contributed by atoms with E-state index in [9.17, 15) is 4.39 Å². The minimum absolute atomic E-state index is 0.0582. The number of β-amino-alcohol motifs (C(OH)–C–C–N with tert-alkyl or cyclic N) is 1. The van der Waals surface area contributed by atoms with Crippen LogP contribution in [-0.4, -0.2) is 59.3 Å². The Morgan fingerprint density at radius 1 is 1.33 bits per heavy atom. The number of rotatable bonds is 3. The zero-order valence-corrected chi connectivity index (χ0v) is 10.8. The summed E-state index contributed by atoms with van der Waals surface area (Å²) in [5.41, 5.74) is 0. The highest BCUT2D eigenvalue weighted by Gasteiger charge is 2.19. The van der Waals surface area contributed by atoms with Gasteiger partial charge in [-0.25, -0.2) is 9.37 Å². The molecular weight excluding hydrogens is 259 g/mol. The first-order valence-electron chi connectivity index (χ1n) is 5.97. The Labute approximate surface area is 110 Å². The largest absolute Gasteiger partial charge is 0.395 e. The van der Waals surface area contributed by atoms with E-state index in [4.69, 9.17) is 16.7 Å². The van der Waals surface area contributed by atoms with E-state index in [1.807, 2.05) is 4.90 Å². The lowest BCUT2D eigenvalue weighted by Gasteiger charge is -2.22. The normalized spacial score (nSPS) is 17.8. The molecule has 2 rings (SSSR count). The minimum Gasteiger partial charge on any atom is -0.395 e. The average Bonchev–Trinajstić information content (AvgIpc) is 2.58. The summed E-state index contributed by atoms with van der Waals surface area (Å²) >= 11 is 5.70. The van der Waals surface area contributed by atoms with Crippen LogP contribution in [0.4, 0.5) is 10.2 Å². The molecule has 1 aromatic rings. The van der Waals surface area contributed by atoms with Crippen molar-refractivity contribution in [2.75, 3.05) is 44.2 Å². The molecule has 0 atom stereocenters. The second-order valence-corrected chi connectivity index (χ2v) is 4.55. The molecule has 1 aliphatic heterocycles. The van der Waals surface area contributed by atoms with Crippen LogP contribution in [0.15, 0.2) is 6.20 Å². The summed E-state index contributed by atoms with van der Waals surface area (Å²) in [5, 5.41) is 8.98. The van der Waals surface area contributed by atoms with Crippen LogP contribution in [0, 0.1) is 5.82 Å². The van der Waals surface area contributed by atoms with Crippen molar-refractivity contribution >= 4 is 17.4 Å². The van der Waals surface area contributed by atoms with Gasteiger partial charge >= 0.3 is 0 Å². The number of hydrogen-bond acceptors (Lipinski definition) is 5. The summed E-state index contributed by atoms with van der Waals surface area (Å²) in [4.78, 5) is 11.6. The third kappa shape index (κ3) is 3.28. The first-order valence-corrected chi connectivity index (χ1v) is 6.34. The number of halogens is 2. The van der Waals surface area contributed by atoms with Gasteiger partial charge in [0.15, 0.2) is 11.6 Å². The van der Waals surface area contributed by atoms with Gasteiger partial charge in [0.1, 0.15) is 0 Å². The second-order valence-electron chi connectivity index (χ2n) is 4.22. The third-order valence-electron chi connectivity index (χ3n) is 3.00. The van der Waals surface area contributed by atoms with Gasteiger partial charge in [0.05, 0.1) is 12.8 Å². The van der Waals surface area contributed by atoms with Crippen LogP contribution in [0.2, 0.25) is 5.28 Å². The van der Waals surface area contributed by atoms with E-state index in [1.165, 1.54) is 0 Å². The van der Waals surface area contributed by atoms with Gasteiger partial charge in [-0.05, 0) is 24.6 Å². The Morgan fingerprint density at radius 2 is 2.17 bits per heavy atom. The van der Waals surface area contributed by atoms with Crippen molar-refractivity contribution in [3.05, 3.63) is 17.3 Å². The molecule has 18 heavy (non-hydrogen) atoms. The molecule has 1 N–H and O–H groups in total. The smallest absolute Gasteiger partial charge is 0.224 e. The van der Waals surface area contributed by atoms with Crippen LogP contribution in [-0.2, 0) is 0 Å². The molecule has 0 bridgehead atoms. The maximum atomic E-state index is 13.7. The molecule has 1 saturated heterocycles. The maximum absolute atomic E-state index is 13.7. The predicted molar refractivity (Wildman–Crippen MR) is 67.4 cm³/mol. The maximum Gasteiger partial charge on any atom is 0.224 e. The fourth-order valence-corrected chi connectivity index (χ4v) is 2.24. The molecule has 0 unspecified atom stereocenters. The standard InChI is InChI=1S/C11H16ClFN4O/c12-11-14-8-9(13)10(15-11)17-3-1-2-16(4-5-17)6-7-18/h8,18H,1-7H2. The number of nitrogens with zero attached hydrogens (tertiary/aromatic N) is 4. The Balaban J connectivity index is 2.07. The summed E-state index contributed by atoms with van der Waals surface area (Å²) in [7, 11) is 0. The SMILES string of the molecule is OCCN1CCCN(c2nc(Cl)ncc2F)CC1. The van der Waals surface area contributed by atoms with Gasteiger partial charge in [-0.1, -0.05) is 0 Å². The fraction of sp³-hybridized carbons (Fsp3) is 0.636. The summed E-state index contributed by atoms with van der Waals surface area (Å²) in [5.74, 6) is -0.184. The van der Waals surface area contributed by atoms with Crippen molar-refractivity contribution in [2.24, 2.45) is 0 Å². The monoisotopic (exact) mass is 274 g/mol. The number of aliphatic hydroxyl groups is 1. The van der Waals surface area contributed by atoms with E-state index >= 15 is 0 Å². The molecule has 2 heterocycles. The Hall–Kier alpha value is -0.980. The topological polar surface area (TPSA) is 52.5 Å². The van der Waals surface area contributed by atoms with Gasteiger partial charge in [0.25, 0.3) is 0 Å². The molecule has 0 aromatic carbocycles. The molecule has 0 amide bonds. The number of aliphatic hydroxyl groups excluding tert-OH is 1. The molecule has 100 valence electrons. The van der Waals surface area contributed by atoms with Crippen LogP contribution in [0.25, 0.3) is 0 Å². The van der Waals surface area contributed by atoms with E-state index in [0.29, 0.717) is 13.1 Å². The first-order chi connectivity index (χ1) is 8.70. The van der Waals surface area contributed by atoms with Crippen molar-refractivity contribution in [3.8, 4) is 0 Å². The molecular formula is C11H16ClFN4O. The highest BCUT2D eigenvalue weighted by atomic mass is 35.5. The highest BCUT2D eigenvalue weighted by molar-refractivity contribution is 6.28. The van der Waals surface area contributed by atoms with Gasteiger partial charge in [-0.3, -0.25) is 4.90 Å². The van der Waals surface area contributed by atoms with Crippen LogP contribution in [0.1, 0.15) is 6.42 Å². The van der Waals surface area contributed by atoms with Gasteiger partial charge in [0.2, 0.25) is 5.28 Å². The molecule has 0 radical (unpaired) electrons. The predicted octanol–water partition coefficient (Wildman–Crippen LogP) is 0.773. The highest BCUT2D eigenvalue weighted by Crippen LogP contribution is 2.19. The van der Waals surface area contributed by atoms with Crippen LogP contribution in [0.3, 0.4) is 0 Å².